The van der Waals surface area contributed by atoms with Crippen LogP contribution in [0, 0.1) is 6.92 Å². The van der Waals surface area contributed by atoms with E-state index in [-0.39, 0.29) is 59.4 Å². The average molecular weight is 1770 g/mol. The van der Waals surface area contributed by atoms with Gasteiger partial charge in [0.25, 0.3) is 17.7 Å². The monoisotopic (exact) mass is 1770 g/mol. The number of nitrogens with one attached hydrogen (secondary N) is 2. The molecule has 8 aromatic heterocycles. The molecule has 0 bridgehead atoms. The number of aliphatic imine (C=N–C) groups is 1. The second-order valence-corrected chi connectivity index (χ2v) is 34.7. The first-order valence-electron chi connectivity index (χ1n) is 46.3. The van der Waals surface area contributed by atoms with Crippen LogP contribution in [0.15, 0.2) is 243 Å². The summed E-state index contributed by atoms with van der Waals surface area (Å²) in [6.07, 6.45) is 38.0. The Kier molecular flexibility index (Phi) is 26.2. The highest BCUT2D eigenvalue weighted by atomic mass is 16.5. The Morgan fingerprint density at radius 1 is 0.376 bits per heavy atom. The molecule has 0 unspecified atom stereocenters. The molecule has 133 heavy (non-hydrogen) atoms. The van der Waals surface area contributed by atoms with Crippen LogP contribution in [0.1, 0.15) is 190 Å². The van der Waals surface area contributed by atoms with Crippen molar-refractivity contribution in [3.8, 4) is 0 Å². The molecule has 11 aliphatic rings. The van der Waals surface area contributed by atoms with Crippen LogP contribution in [0.3, 0.4) is 0 Å². The first-order valence-corrected chi connectivity index (χ1v) is 46.3. The standard InChI is InChI=1S/2C27H27N5O2.C26H27N5O2.C25H24N6O/c2*33-27(32-10-4-7-25(32)19-5-2-1-3-6-19)26-29-16-20(17-30-26)22-8-9-24-23(22)15-21(18-28-24)31-11-13-34-14-12-31;1-17-3-5-19(6-4-17)18(2)30-26(32)25-28-14-20(15-29-25)22-7-8-24-23(22)13-21(16-27-24)31-9-11-33-12-10-31;1-2-4-17(5-3-1)23-16-29-25(30-23)24-27-13-18(14-28-24)20-6-7-22-21(20)12-19(15-26-22)31-8-10-32-11-9-31/h2*1-3,5-6,8,15-18,25H,4,7,9-14H2;3-7,13-16,18H,8-12H2,1-2H3,(H,30,32);1-6,12-15,23H,7-11,16H2,(H,29,30)/t2*25-;18-;23-/m1011/s1. The van der Waals surface area contributed by atoms with Crippen molar-refractivity contribution in [2.24, 2.45) is 4.99 Å². The number of morpholine rings is 4. The van der Waals surface area contributed by atoms with Crippen molar-refractivity contribution in [3.63, 3.8) is 0 Å². The van der Waals surface area contributed by atoms with Crippen molar-refractivity contribution >= 4 is 68.6 Å². The topological polar surface area (TPSA) is 299 Å². The number of allylic oxidation sites excluding steroid dienone is 4. The van der Waals surface area contributed by atoms with E-state index in [1.807, 2.05) is 140 Å². The number of rotatable bonds is 17. The second kappa shape index (κ2) is 40.2. The van der Waals surface area contributed by atoms with Gasteiger partial charge in [-0.05, 0) is 108 Å². The number of hydrogen-bond acceptors (Lipinski definition) is 25. The fraction of sp³-hybridized carbons (Fsp3) is 0.314. The molecule has 6 fully saturated rings. The number of carbonyl (C=O) groups is 3. The van der Waals surface area contributed by atoms with Crippen LogP contribution in [0.5, 0.6) is 0 Å². The molecule has 0 saturated carbocycles. The minimum Gasteiger partial charge on any atom is -0.378 e. The highest BCUT2D eigenvalue weighted by molar-refractivity contribution is 5.98. The molecule has 12 aromatic rings. The van der Waals surface area contributed by atoms with Gasteiger partial charge in [0.05, 0.1) is 154 Å². The summed E-state index contributed by atoms with van der Waals surface area (Å²) in [7, 11) is 0. The van der Waals surface area contributed by atoms with E-state index in [1.54, 1.807) is 37.2 Å². The van der Waals surface area contributed by atoms with Gasteiger partial charge < -0.3 is 59.0 Å². The van der Waals surface area contributed by atoms with Crippen LogP contribution in [-0.4, -0.2) is 218 Å². The lowest BCUT2D eigenvalue weighted by atomic mass is 10.0. The van der Waals surface area contributed by atoms with Gasteiger partial charge in [0, 0.05) is 185 Å². The van der Waals surface area contributed by atoms with E-state index in [4.69, 9.17) is 33.9 Å². The van der Waals surface area contributed by atoms with E-state index < -0.39 is 0 Å². The smallest absolute Gasteiger partial charge is 0.292 e. The van der Waals surface area contributed by atoms with Gasteiger partial charge in [-0.1, -0.05) is 145 Å². The minimum absolute atomic E-state index is 0.0890. The van der Waals surface area contributed by atoms with Gasteiger partial charge in [-0.3, -0.25) is 39.3 Å². The molecule has 23 rings (SSSR count). The maximum Gasteiger partial charge on any atom is 0.292 e. The number of nitrogens with zero attached hydrogens (tertiary/aromatic N) is 19. The van der Waals surface area contributed by atoms with E-state index in [9.17, 15) is 14.4 Å². The van der Waals surface area contributed by atoms with Crippen molar-refractivity contribution in [2.45, 2.75) is 89.4 Å². The molecule has 0 spiro atoms. The Balaban J connectivity index is 0.000000110. The first-order chi connectivity index (χ1) is 65.5. The van der Waals surface area contributed by atoms with Crippen LogP contribution in [0.2, 0.25) is 0 Å². The van der Waals surface area contributed by atoms with Gasteiger partial charge in [-0.2, -0.15) is 0 Å². The number of hydrogen-bond donors (Lipinski definition) is 2. The summed E-state index contributed by atoms with van der Waals surface area (Å²) in [5, 5.41) is 6.43. The summed E-state index contributed by atoms with van der Waals surface area (Å²) in [6.45, 7) is 19.2. The van der Waals surface area contributed by atoms with E-state index in [0.29, 0.717) is 12.4 Å². The SMILES string of the molecule is C1=C(c2cnc(C3=NC[C@H](c4ccccc4)N3)nc2)c2cc(N3CCOCC3)cnc2C1.Cc1ccc([C@@H](C)NC(=O)c2ncc(C3=CCc4ncc(N5CCOCC5)cc43)cn2)cc1.O=C(c1ncc(C2=CCc3ncc(N4CCOCC4)cc32)cn1)N1CCC[C@@H]1c1ccccc1.O=C(c1ncc(C2=CCc3ncc(N4CCOCC4)cc32)cn1)N1CCC[C@H]1c1ccccc1. The molecule has 6 saturated heterocycles. The molecule has 4 aromatic carbocycles. The number of aromatic nitrogens is 12. The average Bonchev–Trinajstić information content (AvgIpc) is 1.67. The molecular formula is C105H105N21O7. The Hall–Kier alpha value is -14.3. The zero-order valence-corrected chi connectivity index (χ0v) is 74.8. The summed E-state index contributed by atoms with van der Waals surface area (Å²) < 4.78 is 21.9. The number of benzene rings is 4. The predicted molar refractivity (Wildman–Crippen MR) is 510 cm³/mol. The van der Waals surface area contributed by atoms with Gasteiger partial charge in [-0.15, -0.1) is 0 Å². The lowest BCUT2D eigenvalue weighted by Gasteiger charge is -2.29. The summed E-state index contributed by atoms with van der Waals surface area (Å²) in [5.41, 5.74) is 27.2. The highest BCUT2D eigenvalue weighted by Crippen LogP contribution is 2.41. The fourth-order valence-electron chi connectivity index (χ4n) is 19.1. The van der Waals surface area contributed by atoms with Gasteiger partial charge in [-0.25, -0.2) is 39.9 Å². The fourth-order valence-corrected chi connectivity index (χ4v) is 19.1. The number of ether oxygens (including phenoxy) is 4. The quantitative estimate of drug-likeness (QED) is 0.0856. The number of anilines is 4. The van der Waals surface area contributed by atoms with Crippen molar-refractivity contribution in [3.05, 3.63) is 357 Å². The number of pyridine rings is 4. The van der Waals surface area contributed by atoms with Gasteiger partial charge in [0.1, 0.15) is 0 Å². The van der Waals surface area contributed by atoms with Gasteiger partial charge in [0.2, 0.25) is 17.5 Å². The normalized spacial score (nSPS) is 18.9. The summed E-state index contributed by atoms with van der Waals surface area (Å²) >= 11 is 0. The van der Waals surface area contributed by atoms with Crippen molar-refractivity contribution in [2.75, 3.05) is 144 Å². The molecular weight excluding hydrogens is 1670 g/mol. The van der Waals surface area contributed by atoms with Crippen LogP contribution < -0.4 is 30.2 Å². The summed E-state index contributed by atoms with van der Waals surface area (Å²) in [6, 6.07) is 48.0. The van der Waals surface area contributed by atoms with E-state index in [0.717, 1.165) is 288 Å². The third kappa shape index (κ3) is 19.4. The zero-order valence-electron chi connectivity index (χ0n) is 74.8. The summed E-state index contributed by atoms with van der Waals surface area (Å²) in [5.74, 6) is 1.57. The highest BCUT2D eigenvalue weighted by Gasteiger charge is 2.36. The van der Waals surface area contributed by atoms with Crippen molar-refractivity contribution in [1.82, 2.24) is 80.2 Å². The van der Waals surface area contributed by atoms with E-state index >= 15 is 0 Å². The van der Waals surface area contributed by atoms with Crippen molar-refractivity contribution < 1.29 is 33.3 Å². The number of amides is 3. The Morgan fingerprint density at radius 2 is 0.699 bits per heavy atom. The van der Waals surface area contributed by atoms with Gasteiger partial charge >= 0.3 is 0 Å². The zero-order chi connectivity index (χ0) is 89.9. The number of fused-ring (bicyclic) bond motifs is 4. The minimum atomic E-state index is -0.285. The number of likely N-dealkylation sites (tertiary alicyclic amines) is 2. The third-order valence-corrected chi connectivity index (χ3v) is 26.4. The molecule has 0 radical (unpaired) electrons. The number of amidine groups is 1. The second-order valence-electron chi connectivity index (χ2n) is 34.7. The third-order valence-electron chi connectivity index (χ3n) is 26.4. The number of aryl methyl sites for hydroxylation is 1. The molecule has 3 amide bonds. The molecule has 4 atom stereocenters. The molecule has 15 heterocycles. The Morgan fingerprint density at radius 3 is 1.05 bits per heavy atom. The molecule has 28 nitrogen and oxygen atoms in total. The molecule has 2 N–H and O–H groups in total. The van der Waals surface area contributed by atoms with Crippen molar-refractivity contribution in [1.29, 1.82) is 0 Å². The van der Waals surface area contributed by atoms with Crippen LogP contribution in [-0.2, 0) is 44.6 Å². The molecule has 672 valence electrons. The molecule has 7 aliphatic heterocycles. The Labute approximate surface area is 773 Å². The molecule has 4 aliphatic carbocycles. The predicted octanol–water partition coefficient (Wildman–Crippen LogP) is 13.6. The molecule has 28 heteroatoms. The lowest BCUT2D eigenvalue weighted by molar-refractivity contribution is 0.0715. The van der Waals surface area contributed by atoms with E-state index in [1.165, 1.54) is 27.8 Å². The first kappa shape index (κ1) is 86.7. The maximum absolute atomic E-state index is 13.2. The summed E-state index contributed by atoms with van der Waals surface area (Å²) in [4.78, 5) is 112. The van der Waals surface area contributed by atoms with Crippen LogP contribution in [0.4, 0.5) is 22.7 Å². The van der Waals surface area contributed by atoms with Gasteiger partial charge in [0.15, 0.2) is 11.7 Å². The lowest BCUT2D eigenvalue weighted by Crippen LogP contribution is -2.36. The Bertz CT molecular complexity index is 6150. The van der Waals surface area contributed by atoms with Crippen LogP contribution >= 0.6 is 0 Å². The van der Waals surface area contributed by atoms with Crippen LogP contribution in [0.25, 0.3) is 22.3 Å². The largest absolute Gasteiger partial charge is 0.378 e. The van der Waals surface area contributed by atoms with E-state index in [2.05, 4.69) is 165 Å². The number of carbonyl (C=O) groups excluding carboxylic acids is 3. The maximum atomic E-state index is 13.2.